The van der Waals surface area contributed by atoms with E-state index in [0.717, 1.165) is 28.9 Å². The summed E-state index contributed by atoms with van der Waals surface area (Å²) in [5.74, 6) is 0. The van der Waals surface area contributed by atoms with Crippen molar-refractivity contribution >= 4 is 0 Å². The van der Waals surface area contributed by atoms with E-state index in [1.54, 1.807) is 0 Å². The van der Waals surface area contributed by atoms with E-state index in [0.29, 0.717) is 0 Å². The van der Waals surface area contributed by atoms with Crippen LogP contribution in [0.3, 0.4) is 0 Å². The third kappa shape index (κ3) is 3.30. The Bertz CT molecular complexity index is 966. The molecular formula is C23H27N3O. The van der Waals surface area contributed by atoms with Gasteiger partial charge in [-0.25, -0.2) is 4.68 Å². The quantitative estimate of drug-likeness (QED) is 0.596. The van der Waals surface area contributed by atoms with Crippen LogP contribution in [-0.2, 0) is 11.2 Å². The Labute approximate surface area is 161 Å². The van der Waals surface area contributed by atoms with Crippen LogP contribution in [-0.4, -0.2) is 20.6 Å². The second-order valence-corrected chi connectivity index (χ2v) is 8.49. The molecule has 0 radical (unpaired) electrons. The maximum atomic E-state index is 6.54. The van der Waals surface area contributed by atoms with E-state index in [9.17, 15) is 0 Å². The molecular weight excluding hydrogens is 334 g/mol. The van der Waals surface area contributed by atoms with Gasteiger partial charge >= 0.3 is 0 Å². The summed E-state index contributed by atoms with van der Waals surface area (Å²) in [7, 11) is 0. The van der Waals surface area contributed by atoms with Gasteiger partial charge in [0.15, 0.2) is 0 Å². The maximum absolute atomic E-state index is 6.54. The predicted molar refractivity (Wildman–Crippen MR) is 109 cm³/mol. The molecule has 2 aromatic carbocycles. The molecule has 1 atom stereocenters. The van der Waals surface area contributed by atoms with Gasteiger partial charge in [0.05, 0.1) is 17.4 Å². The average Bonchev–Trinajstić information content (AvgIpc) is 3.04. The molecule has 1 aromatic heterocycles. The first-order valence-corrected chi connectivity index (χ1v) is 9.66. The second-order valence-electron chi connectivity index (χ2n) is 8.49. The summed E-state index contributed by atoms with van der Waals surface area (Å²) in [5, 5.41) is 9.10. The minimum absolute atomic E-state index is 0.0222. The molecule has 4 nitrogen and oxygen atoms in total. The van der Waals surface area contributed by atoms with Crippen LogP contribution in [0.4, 0.5) is 0 Å². The van der Waals surface area contributed by atoms with Gasteiger partial charge in [-0.2, -0.15) is 0 Å². The first-order valence-electron chi connectivity index (χ1n) is 9.66. The van der Waals surface area contributed by atoms with Crippen molar-refractivity contribution in [2.45, 2.75) is 58.8 Å². The molecule has 0 saturated heterocycles. The monoisotopic (exact) mass is 361 g/mol. The Morgan fingerprint density at radius 1 is 1.00 bits per heavy atom. The van der Waals surface area contributed by atoms with Gasteiger partial charge in [0.25, 0.3) is 0 Å². The van der Waals surface area contributed by atoms with Crippen molar-refractivity contribution < 1.29 is 4.74 Å². The van der Waals surface area contributed by atoms with Gasteiger partial charge in [0, 0.05) is 23.6 Å². The smallest absolute Gasteiger partial charge is 0.121 e. The van der Waals surface area contributed by atoms with Crippen molar-refractivity contribution in [1.29, 1.82) is 0 Å². The Kier molecular flexibility index (Phi) is 4.39. The van der Waals surface area contributed by atoms with Gasteiger partial charge in [0.2, 0.25) is 0 Å². The van der Waals surface area contributed by atoms with Crippen LogP contribution in [0, 0.1) is 0 Å². The van der Waals surface area contributed by atoms with Crippen molar-refractivity contribution in [3.8, 4) is 22.5 Å². The minimum atomic E-state index is -0.231. The van der Waals surface area contributed by atoms with Gasteiger partial charge in [-0.3, -0.25) is 0 Å². The summed E-state index contributed by atoms with van der Waals surface area (Å²) < 4.78 is 8.57. The lowest BCUT2D eigenvalue weighted by atomic mass is 9.87. The fourth-order valence-corrected chi connectivity index (χ4v) is 3.85. The third-order valence-electron chi connectivity index (χ3n) is 4.92. The van der Waals surface area contributed by atoms with Crippen LogP contribution in [0.2, 0.25) is 0 Å². The molecule has 0 N–H and O–H groups in total. The van der Waals surface area contributed by atoms with Crippen molar-refractivity contribution in [2.24, 2.45) is 0 Å². The maximum Gasteiger partial charge on any atom is 0.121 e. The zero-order chi connectivity index (χ0) is 19.2. The van der Waals surface area contributed by atoms with Crippen LogP contribution in [0.25, 0.3) is 22.5 Å². The molecule has 4 rings (SSSR count). The van der Waals surface area contributed by atoms with E-state index < -0.39 is 0 Å². The molecule has 1 aliphatic carbocycles. The number of benzene rings is 2. The van der Waals surface area contributed by atoms with Gasteiger partial charge in [-0.15, -0.1) is 5.10 Å². The van der Waals surface area contributed by atoms with Crippen LogP contribution >= 0.6 is 0 Å². The molecule has 27 heavy (non-hydrogen) atoms. The topological polar surface area (TPSA) is 39.9 Å². The highest BCUT2D eigenvalue weighted by Gasteiger charge is 2.30. The molecule has 1 unspecified atom stereocenters. The van der Waals surface area contributed by atoms with Crippen LogP contribution in [0.5, 0.6) is 0 Å². The molecule has 1 heterocycles. The fraction of sp³-hybridized carbons (Fsp3) is 0.391. The highest BCUT2D eigenvalue weighted by Crippen LogP contribution is 2.43. The van der Waals surface area contributed by atoms with E-state index in [4.69, 9.17) is 4.74 Å². The lowest BCUT2D eigenvalue weighted by Crippen LogP contribution is -2.25. The van der Waals surface area contributed by atoms with Gasteiger partial charge in [-0.05, 0) is 45.7 Å². The molecule has 0 spiro atoms. The normalized spacial score (nSPS) is 16.3. The SMILES string of the molecule is CC(C)n1nnc2c1-c1ccccc1C(OC(C)(C)C)Cc1ccccc1-2. The second kappa shape index (κ2) is 6.61. The predicted octanol–water partition coefficient (Wildman–Crippen LogP) is 5.61. The summed E-state index contributed by atoms with van der Waals surface area (Å²) in [6.07, 6.45) is 0.796. The van der Waals surface area contributed by atoms with Crippen LogP contribution in [0.15, 0.2) is 48.5 Å². The highest BCUT2D eigenvalue weighted by molar-refractivity contribution is 5.82. The number of hydrogen-bond donors (Lipinski definition) is 0. The highest BCUT2D eigenvalue weighted by atomic mass is 16.5. The molecule has 0 amide bonds. The largest absolute Gasteiger partial charge is 0.368 e. The van der Waals surface area contributed by atoms with Gasteiger partial charge in [0.1, 0.15) is 5.69 Å². The van der Waals surface area contributed by atoms with E-state index in [-0.39, 0.29) is 17.7 Å². The first kappa shape index (κ1) is 17.9. The number of rotatable bonds is 2. The standard InChI is InChI=1S/C23H27N3O/c1-15(2)26-22-19-13-9-8-12-18(19)20(27-23(3,4)5)14-16-10-6-7-11-17(16)21(22)24-25-26/h6-13,15,20H,14H2,1-5H3. The third-order valence-corrected chi connectivity index (χ3v) is 4.92. The molecule has 140 valence electrons. The lowest BCUT2D eigenvalue weighted by Gasteiger charge is -2.31. The van der Waals surface area contributed by atoms with E-state index in [1.807, 2.05) is 4.68 Å². The zero-order valence-electron chi connectivity index (χ0n) is 16.7. The average molecular weight is 361 g/mol. The molecule has 0 bridgehead atoms. The Balaban J connectivity index is 2.03. The number of ether oxygens (including phenoxy) is 1. The Morgan fingerprint density at radius 2 is 1.67 bits per heavy atom. The first-order chi connectivity index (χ1) is 12.8. The summed E-state index contributed by atoms with van der Waals surface area (Å²) in [6.45, 7) is 10.6. The van der Waals surface area contributed by atoms with Gasteiger partial charge < -0.3 is 4.74 Å². The summed E-state index contributed by atoms with van der Waals surface area (Å²) in [5.41, 5.74) is 6.57. The van der Waals surface area contributed by atoms with Crippen molar-refractivity contribution in [3.05, 3.63) is 59.7 Å². The molecule has 1 aliphatic rings. The van der Waals surface area contributed by atoms with Crippen molar-refractivity contribution in [2.75, 3.05) is 0 Å². The van der Waals surface area contributed by atoms with E-state index >= 15 is 0 Å². The number of hydrogen-bond acceptors (Lipinski definition) is 3. The summed E-state index contributed by atoms with van der Waals surface area (Å²) >= 11 is 0. The van der Waals surface area contributed by atoms with Crippen LogP contribution in [0.1, 0.15) is 57.9 Å². The van der Waals surface area contributed by atoms with Gasteiger partial charge in [-0.1, -0.05) is 53.7 Å². The van der Waals surface area contributed by atoms with Crippen molar-refractivity contribution in [1.82, 2.24) is 15.0 Å². The lowest BCUT2D eigenvalue weighted by molar-refractivity contribution is -0.0611. The summed E-state index contributed by atoms with van der Waals surface area (Å²) in [4.78, 5) is 0. The van der Waals surface area contributed by atoms with Crippen molar-refractivity contribution in [3.63, 3.8) is 0 Å². The molecule has 3 aromatic rings. The molecule has 0 saturated carbocycles. The Hall–Kier alpha value is -2.46. The minimum Gasteiger partial charge on any atom is -0.368 e. The zero-order valence-corrected chi connectivity index (χ0v) is 16.7. The summed E-state index contributed by atoms with van der Waals surface area (Å²) in [6, 6.07) is 17.2. The van der Waals surface area contributed by atoms with Crippen LogP contribution < -0.4 is 0 Å². The van der Waals surface area contributed by atoms with E-state index in [2.05, 4.69) is 93.5 Å². The Morgan fingerprint density at radius 3 is 2.37 bits per heavy atom. The molecule has 0 fully saturated rings. The number of nitrogens with zero attached hydrogens (tertiary/aromatic N) is 3. The number of aromatic nitrogens is 3. The van der Waals surface area contributed by atoms with E-state index in [1.165, 1.54) is 11.1 Å². The molecule has 4 heteroatoms. The molecule has 0 aliphatic heterocycles. The number of fused-ring (bicyclic) bond motifs is 5. The fourth-order valence-electron chi connectivity index (χ4n) is 3.85.